The number of carbonyl (C=O) groups is 1. The van der Waals surface area contributed by atoms with Crippen LogP contribution >= 0.6 is 0 Å². The molecule has 3 rings (SSSR count). The zero-order chi connectivity index (χ0) is 14.7. The summed E-state index contributed by atoms with van der Waals surface area (Å²) in [5.41, 5.74) is 2.05. The van der Waals surface area contributed by atoms with Gasteiger partial charge in [-0.15, -0.1) is 0 Å². The van der Waals surface area contributed by atoms with Gasteiger partial charge in [0, 0.05) is 31.2 Å². The molecule has 4 heteroatoms. The van der Waals surface area contributed by atoms with Gasteiger partial charge in [0.1, 0.15) is 0 Å². The average molecular weight is 287 g/mol. The summed E-state index contributed by atoms with van der Waals surface area (Å²) >= 11 is 0. The Kier molecular flexibility index (Phi) is 4.56. The van der Waals surface area contributed by atoms with Crippen molar-refractivity contribution in [3.8, 4) is 0 Å². The van der Waals surface area contributed by atoms with E-state index in [-0.39, 0.29) is 5.91 Å². The van der Waals surface area contributed by atoms with Crippen LogP contribution in [-0.2, 0) is 6.42 Å². The molecular formula is C17H25N3O. The molecule has 0 aliphatic carbocycles. The lowest BCUT2D eigenvalue weighted by Gasteiger charge is -2.37. The van der Waals surface area contributed by atoms with Crippen molar-refractivity contribution in [2.24, 2.45) is 0 Å². The molecular weight excluding hydrogens is 262 g/mol. The van der Waals surface area contributed by atoms with E-state index in [2.05, 4.69) is 21.2 Å². The van der Waals surface area contributed by atoms with Crippen molar-refractivity contribution in [2.75, 3.05) is 39.8 Å². The van der Waals surface area contributed by atoms with E-state index in [0.29, 0.717) is 6.04 Å². The van der Waals surface area contributed by atoms with E-state index in [0.717, 1.165) is 43.7 Å². The summed E-state index contributed by atoms with van der Waals surface area (Å²) in [6, 6.07) is 8.65. The zero-order valence-electron chi connectivity index (χ0n) is 12.8. The number of hydrogen-bond donors (Lipinski definition) is 1. The number of piperazine rings is 1. The summed E-state index contributed by atoms with van der Waals surface area (Å²) in [4.78, 5) is 17.5. The van der Waals surface area contributed by atoms with Gasteiger partial charge in [-0.25, -0.2) is 0 Å². The summed E-state index contributed by atoms with van der Waals surface area (Å²) < 4.78 is 0. The number of fused-ring (bicyclic) bond motifs is 1. The van der Waals surface area contributed by atoms with Gasteiger partial charge in [-0.05, 0) is 51.0 Å². The van der Waals surface area contributed by atoms with Gasteiger partial charge in [0.15, 0.2) is 0 Å². The maximum atomic E-state index is 12.9. The first-order chi connectivity index (χ1) is 10.3. The van der Waals surface area contributed by atoms with E-state index >= 15 is 0 Å². The number of rotatable bonds is 4. The van der Waals surface area contributed by atoms with Crippen LogP contribution in [0.3, 0.4) is 0 Å². The third kappa shape index (κ3) is 3.11. The highest BCUT2D eigenvalue weighted by Crippen LogP contribution is 2.23. The molecule has 0 aromatic heterocycles. The van der Waals surface area contributed by atoms with Gasteiger partial charge in [0.05, 0.1) is 0 Å². The van der Waals surface area contributed by atoms with Crippen molar-refractivity contribution in [3.63, 3.8) is 0 Å². The number of hydrogen-bond acceptors (Lipinski definition) is 3. The molecule has 2 aliphatic heterocycles. The van der Waals surface area contributed by atoms with Crippen molar-refractivity contribution in [1.29, 1.82) is 0 Å². The third-order valence-electron chi connectivity index (χ3n) is 4.77. The fourth-order valence-corrected chi connectivity index (χ4v) is 3.55. The van der Waals surface area contributed by atoms with Crippen LogP contribution in [0.25, 0.3) is 0 Å². The molecule has 1 amide bonds. The van der Waals surface area contributed by atoms with Crippen LogP contribution in [0.1, 0.15) is 28.8 Å². The zero-order valence-corrected chi connectivity index (χ0v) is 12.8. The molecule has 114 valence electrons. The molecule has 0 spiro atoms. The molecule has 2 fully saturated rings. The molecule has 1 atom stereocenters. The van der Waals surface area contributed by atoms with Gasteiger partial charge < -0.3 is 10.2 Å². The van der Waals surface area contributed by atoms with Crippen molar-refractivity contribution in [1.82, 2.24) is 15.1 Å². The van der Waals surface area contributed by atoms with Crippen LogP contribution < -0.4 is 5.32 Å². The summed E-state index contributed by atoms with van der Waals surface area (Å²) in [5.74, 6) is 0.216. The highest BCUT2D eigenvalue weighted by atomic mass is 16.2. The second-order valence-electron chi connectivity index (χ2n) is 6.09. The van der Waals surface area contributed by atoms with Crippen LogP contribution in [0.4, 0.5) is 0 Å². The largest absolute Gasteiger partial charge is 0.336 e. The third-order valence-corrected chi connectivity index (χ3v) is 4.77. The molecule has 1 unspecified atom stereocenters. The van der Waals surface area contributed by atoms with Crippen molar-refractivity contribution in [2.45, 2.75) is 25.3 Å². The standard InChI is InChI=1S/C17H25N3O/c1-18-9-8-14-5-2-3-7-16(14)17(21)20-12-11-19-10-4-6-15(19)13-20/h2-3,5,7,15,18H,4,6,8-13H2,1H3. The lowest BCUT2D eigenvalue weighted by atomic mass is 10.0. The average Bonchev–Trinajstić information content (AvgIpc) is 3.00. The van der Waals surface area contributed by atoms with E-state index in [9.17, 15) is 4.79 Å². The van der Waals surface area contributed by atoms with E-state index in [4.69, 9.17) is 0 Å². The van der Waals surface area contributed by atoms with E-state index in [1.807, 2.05) is 25.2 Å². The molecule has 21 heavy (non-hydrogen) atoms. The van der Waals surface area contributed by atoms with Gasteiger partial charge >= 0.3 is 0 Å². The molecule has 0 bridgehead atoms. The predicted octanol–water partition coefficient (Wildman–Crippen LogP) is 1.37. The second kappa shape index (κ2) is 6.58. The normalized spacial score (nSPS) is 22.3. The Morgan fingerprint density at radius 1 is 1.29 bits per heavy atom. The Balaban J connectivity index is 1.72. The monoisotopic (exact) mass is 287 g/mol. The first-order valence-electron chi connectivity index (χ1n) is 8.05. The number of nitrogens with zero attached hydrogens (tertiary/aromatic N) is 2. The molecule has 1 N–H and O–H groups in total. The minimum Gasteiger partial charge on any atom is -0.336 e. The van der Waals surface area contributed by atoms with Crippen LogP contribution in [0.5, 0.6) is 0 Å². The first-order valence-corrected chi connectivity index (χ1v) is 8.05. The van der Waals surface area contributed by atoms with Crippen LogP contribution in [0.15, 0.2) is 24.3 Å². The molecule has 2 aliphatic rings. The smallest absolute Gasteiger partial charge is 0.254 e. The highest BCUT2D eigenvalue weighted by molar-refractivity contribution is 5.95. The fraction of sp³-hybridized carbons (Fsp3) is 0.588. The van der Waals surface area contributed by atoms with Crippen LogP contribution in [0, 0.1) is 0 Å². The summed E-state index contributed by atoms with van der Waals surface area (Å²) in [6.45, 7) is 4.93. The Labute approximate surface area is 127 Å². The summed E-state index contributed by atoms with van der Waals surface area (Å²) in [6.07, 6.45) is 3.43. The number of amides is 1. The lowest BCUT2D eigenvalue weighted by Crippen LogP contribution is -2.52. The predicted molar refractivity (Wildman–Crippen MR) is 84.6 cm³/mol. The van der Waals surface area contributed by atoms with Gasteiger partial charge in [0.2, 0.25) is 0 Å². The SMILES string of the molecule is CNCCc1ccccc1C(=O)N1CCN2CCCC2C1. The highest BCUT2D eigenvalue weighted by Gasteiger charge is 2.33. The fourth-order valence-electron chi connectivity index (χ4n) is 3.55. The van der Waals surface area contributed by atoms with E-state index in [1.54, 1.807) is 0 Å². The van der Waals surface area contributed by atoms with Crippen molar-refractivity contribution >= 4 is 5.91 Å². The van der Waals surface area contributed by atoms with E-state index in [1.165, 1.54) is 19.4 Å². The molecule has 4 nitrogen and oxygen atoms in total. The molecule has 2 saturated heterocycles. The van der Waals surface area contributed by atoms with Gasteiger partial charge in [-0.2, -0.15) is 0 Å². The molecule has 2 heterocycles. The maximum absolute atomic E-state index is 12.9. The topological polar surface area (TPSA) is 35.6 Å². The van der Waals surface area contributed by atoms with Crippen molar-refractivity contribution in [3.05, 3.63) is 35.4 Å². The molecule has 1 aromatic carbocycles. The quantitative estimate of drug-likeness (QED) is 0.908. The Morgan fingerprint density at radius 2 is 2.14 bits per heavy atom. The number of benzene rings is 1. The summed E-state index contributed by atoms with van der Waals surface area (Å²) in [5, 5.41) is 3.16. The maximum Gasteiger partial charge on any atom is 0.254 e. The summed E-state index contributed by atoms with van der Waals surface area (Å²) in [7, 11) is 1.95. The first kappa shape index (κ1) is 14.5. The minimum atomic E-state index is 0.216. The number of likely N-dealkylation sites (N-methyl/N-ethyl adjacent to an activating group) is 1. The Hall–Kier alpha value is -1.39. The van der Waals surface area contributed by atoms with Crippen LogP contribution in [0.2, 0.25) is 0 Å². The Bertz CT molecular complexity index is 503. The molecule has 1 aromatic rings. The van der Waals surface area contributed by atoms with Gasteiger partial charge in [-0.1, -0.05) is 18.2 Å². The van der Waals surface area contributed by atoms with Gasteiger partial charge in [0.25, 0.3) is 5.91 Å². The minimum absolute atomic E-state index is 0.216. The molecule has 0 radical (unpaired) electrons. The van der Waals surface area contributed by atoms with Gasteiger partial charge in [-0.3, -0.25) is 9.69 Å². The second-order valence-corrected chi connectivity index (χ2v) is 6.09. The van der Waals surface area contributed by atoms with E-state index < -0.39 is 0 Å². The van der Waals surface area contributed by atoms with Crippen LogP contribution in [-0.4, -0.2) is 61.5 Å². The lowest BCUT2D eigenvalue weighted by molar-refractivity contribution is 0.0570. The molecule has 0 saturated carbocycles. The van der Waals surface area contributed by atoms with Crippen molar-refractivity contribution < 1.29 is 4.79 Å². The Morgan fingerprint density at radius 3 is 3.00 bits per heavy atom. The number of carbonyl (C=O) groups excluding carboxylic acids is 1. The number of nitrogens with one attached hydrogen (secondary N) is 1.